The molecule has 12 heteroatoms. The maximum atomic E-state index is 13.1. The van der Waals surface area contributed by atoms with Crippen LogP contribution in [0.15, 0.2) is 40.7 Å². The first-order valence-corrected chi connectivity index (χ1v) is 11.5. The van der Waals surface area contributed by atoms with E-state index in [4.69, 9.17) is 37.4 Å². The molecule has 2 heterocycles. The summed E-state index contributed by atoms with van der Waals surface area (Å²) >= 11 is 12.7. The summed E-state index contributed by atoms with van der Waals surface area (Å²) in [6.45, 7) is 3.58. The van der Waals surface area contributed by atoms with Crippen LogP contribution >= 0.6 is 23.2 Å². The van der Waals surface area contributed by atoms with Crippen molar-refractivity contribution in [3.63, 3.8) is 0 Å². The van der Waals surface area contributed by atoms with Crippen molar-refractivity contribution in [2.24, 2.45) is 0 Å². The van der Waals surface area contributed by atoms with Gasteiger partial charge in [0.15, 0.2) is 0 Å². The number of imide groups is 1. The molecule has 10 nitrogen and oxygen atoms in total. The zero-order valence-electron chi connectivity index (χ0n) is 19.4. The minimum Gasteiger partial charge on any atom is -0.466 e. The summed E-state index contributed by atoms with van der Waals surface area (Å²) in [6.07, 6.45) is 0. The lowest BCUT2D eigenvalue weighted by Gasteiger charge is -2.32. The van der Waals surface area contributed by atoms with Gasteiger partial charge in [-0.2, -0.15) is 0 Å². The number of halogens is 2. The van der Waals surface area contributed by atoms with Crippen molar-refractivity contribution in [3.05, 3.63) is 56.3 Å². The van der Waals surface area contributed by atoms with Crippen LogP contribution in [-0.2, 0) is 28.6 Å². The number of allylic oxidation sites excluding steroid dienone is 1. The standard InChI is InChI=1S/C23H25Cl2N3O7/c1-4-35-22(31)19-15(11-34-9-8-28-10-16(29)27-23(28)32)26-12(2)17(21(30)33-3)18(19)13-6-5-7-14(24)20(13)25/h5-7,18,26H,4,8-11H2,1-3H3,(H,27,29,32). The smallest absolute Gasteiger partial charge is 0.336 e. The van der Waals surface area contributed by atoms with Crippen molar-refractivity contribution in [2.75, 3.05) is 40.0 Å². The number of rotatable bonds is 9. The van der Waals surface area contributed by atoms with Gasteiger partial charge in [0.2, 0.25) is 5.91 Å². The quantitative estimate of drug-likeness (QED) is 0.286. The predicted octanol–water partition coefficient (Wildman–Crippen LogP) is 2.51. The molecule has 2 aliphatic heterocycles. The lowest BCUT2D eigenvalue weighted by Crippen LogP contribution is -2.35. The Morgan fingerprint density at radius 2 is 1.89 bits per heavy atom. The highest BCUT2D eigenvalue weighted by atomic mass is 35.5. The van der Waals surface area contributed by atoms with Gasteiger partial charge in [0.1, 0.15) is 6.54 Å². The predicted molar refractivity (Wildman–Crippen MR) is 127 cm³/mol. The maximum absolute atomic E-state index is 13.1. The summed E-state index contributed by atoms with van der Waals surface area (Å²) < 4.78 is 16.0. The number of hydrogen-bond acceptors (Lipinski definition) is 8. The summed E-state index contributed by atoms with van der Waals surface area (Å²) in [5, 5.41) is 5.69. The number of nitrogens with one attached hydrogen (secondary N) is 2. The third-order valence-electron chi connectivity index (χ3n) is 5.46. The third kappa shape index (κ3) is 5.77. The molecule has 3 amide bonds. The van der Waals surface area contributed by atoms with E-state index in [0.29, 0.717) is 17.0 Å². The van der Waals surface area contributed by atoms with Crippen molar-refractivity contribution in [1.82, 2.24) is 15.5 Å². The second kappa shape index (κ2) is 11.6. The molecule has 1 fully saturated rings. The van der Waals surface area contributed by atoms with E-state index in [2.05, 4.69) is 10.6 Å². The summed E-state index contributed by atoms with van der Waals surface area (Å²) in [5.74, 6) is -2.64. The van der Waals surface area contributed by atoms with E-state index in [1.54, 1.807) is 32.0 Å². The summed E-state index contributed by atoms with van der Waals surface area (Å²) in [4.78, 5) is 50.3. The van der Waals surface area contributed by atoms with Crippen LogP contribution in [0.1, 0.15) is 25.3 Å². The van der Waals surface area contributed by atoms with Gasteiger partial charge in [-0.1, -0.05) is 35.3 Å². The summed E-state index contributed by atoms with van der Waals surface area (Å²) in [5.41, 5.74) is 1.52. The summed E-state index contributed by atoms with van der Waals surface area (Å²) in [7, 11) is 1.24. The van der Waals surface area contributed by atoms with Gasteiger partial charge < -0.3 is 24.4 Å². The van der Waals surface area contributed by atoms with Crippen LogP contribution in [0.5, 0.6) is 0 Å². The van der Waals surface area contributed by atoms with Crippen LogP contribution in [0, 0.1) is 0 Å². The minimum absolute atomic E-state index is 0.0448. The molecule has 2 N–H and O–H groups in total. The van der Waals surface area contributed by atoms with Crippen molar-refractivity contribution < 1.29 is 33.4 Å². The topological polar surface area (TPSA) is 123 Å². The Morgan fingerprint density at radius 1 is 1.14 bits per heavy atom. The van der Waals surface area contributed by atoms with E-state index in [0.717, 1.165) is 0 Å². The second-order valence-corrected chi connectivity index (χ2v) is 8.46. The van der Waals surface area contributed by atoms with Crippen LogP contribution in [-0.4, -0.2) is 68.8 Å². The fraction of sp³-hybridized carbons (Fsp3) is 0.391. The molecule has 1 aromatic rings. The number of hydrogen-bond donors (Lipinski definition) is 2. The first kappa shape index (κ1) is 26.5. The number of carbonyl (C=O) groups excluding carboxylic acids is 4. The molecule has 1 aromatic carbocycles. The van der Waals surface area contributed by atoms with Gasteiger partial charge in [0.05, 0.1) is 59.7 Å². The Morgan fingerprint density at radius 3 is 2.51 bits per heavy atom. The Kier molecular flexibility index (Phi) is 8.76. The van der Waals surface area contributed by atoms with E-state index in [1.165, 1.54) is 12.0 Å². The maximum Gasteiger partial charge on any atom is 0.336 e. The van der Waals surface area contributed by atoms with Crippen molar-refractivity contribution in [3.8, 4) is 0 Å². The number of carbonyl (C=O) groups is 4. The van der Waals surface area contributed by atoms with Crippen molar-refractivity contribution in [1.29, 1.82) is 0 Å². The number of nitrogens with zero attached hydrogens (tertiary/aromatic N) is 1. The molecule has 1 atom stereocenters. The normalized spacial score (nSPS) is 18.0. The molecule has 0 spiro atoms. The monoisotopic (exact) mass is 525 g/mol. The number of dihydropyridines is 1. The Labute approximate surface area is 212 Å². The van der Waals surface area contributed by atoms with Crippen LogP contribution in [0.4, 0.5) is 4.79 Å². The SMILES string of the molecule is CCOC(=O)C1=C(COCCN2CC(=O)NC2=O)NC(C)=C(C(=O)OC)C1c1cccc(Cl)c1Cl. The highest BCUT2D eigenvalue weighted by molar-refractivity contribution is 6.42. The van der Waals surface area contributed by atoms with Gasteiger partial charge in [-0.15, -0.1) is 0 Å². The average Bonchev–Trinajstić information content (AvgIpc) is 3.14. The molecule has 0 aliphatic carbocycles. The van der Waals surface area contributed by atoms with Crippen molar-refractivity contribution in [2.45, 2.75) is 19.8 Å². The molecule has 2 aliphatic rings. The Bertz CT molecular complexity index is 1120. The highest BCUT2D eigenvalue weighted by Gasteiger charge is 2.40. The fourth-order valence-corrected chi connectivity index (χ4v) is 4.32. The van der Waals surface area contributed by atoms with Gasteiger partial charge >= 0.3 is 18.0 Å². The molecule has 188 valence electrons. The van der Waals surface area contributed by atoms with Crippen LogP contribution in [0.2, 0.25) is 10.0 Å². The lowest BCUT2D eigenvalue weighted by molar-refractivity contribution is -0.139. The van der Waals surface area contributed by atoms with Gasteiger partial charge in [-0.05, 0) is 25.5 Å². The van der Waals surface area contributed by atoms with Crippen LogP contribution < -0.4 is 10.6 Å². The Hall–Kier alpha value is -3.08. The molecule has 0 bridgehead atoms. The zero-order chi connectivity index (χ0) is 25.7. The molecule has 1 unspecified atom stereocenters. The van der Waals surface area contributed by atoms with Gasteiger partial charge in [-0.3, -0.25) is 10.1 Å². The lowest BCUT2D eigenvalue weighted by atomic mass is 9.80. The molecule has 0 radical (unpaired) electrons. The van der Waals surface area contributed by atoms with Gasteiger partial charge in [0.25, 0.3) is 0 Å². The fourth-order valence-electron chi connectivity index (χ4n) is 3.91. The minimum atomic E-state index is -0.936. The van der Waals surface area contributed by atoms with E-state index in [9.17, 15) is 19.2 Å². The molecule has 1 saturated heterocycles. The molecule has 35 heavy (non-hydrogen) atoms. The zero-order valence-corrected chi connectivity index (χ0v) is 20.9. The molecular formula is C23H25Cl2N3O7. The van der Waals surface area contributed by atoms with E-state index in [-0.39, 0.29) is 60.0 Å². The first-order valence-electron chi connectivity index (χ1n) is 10.8. The molecule has 0 aromatic heterocycles. The van der Waals surface area contributed by atoms with Crippen LogP contribution in [0.3, 0.4) is 0 Å². The highest BCUT2D eigenvalue weighted by Crippen LogP contribution is 2.43. The second-order valence-electron chi connectivity index (χ2n) is 7.67. The Balaban J connectivity index is 1.97. The van der Waals surface area contributed by atoms with Crippen LogP contribution in [0.25, 0.3) is 0 Å². The number of amides is 3. The number of benzene rings is 1. The van der Waals surface area contributed by atoms with Gasteiger partial charge in [0, 0.05) is 12.2 Å². The number of methoxy groups -OCH3 is 1. The van der Waals surface area contributed by atoms with E-state index >= 15 is 0 Å². The first-order chi connectivity index (χ1) is 16.7. The molecular weight excluding hydrogens is 501 g/mol. The molecule has 0 saturated carbocycles. The summed E-state index contributed by atoms with van der Waals surface area (Å²) in [6, 6.07) is 4.44. The van der Waals surface area contributed by atoms with Crippen molar-refractivity contribution >= 4 is 47.1 Å². The average molecular weight is 526 g/mol. The number of esters is 2. The number of ether oxygens (including phenoxy) is 3. The van der Waals surface area contributed by atoms with E-state index in [1.807, 2.05) is 0 Å². The molecule has 3 rings (SSSR count). The largest absolute Gasteiger partial charge is 0.466 e. The van der Waals surface area contributed by atoms with Gasteiger partial charge in [-0.25, -0.2) is 14.4 Å². The van der Waals surface area contributed by atoms with E-state index < -0.39 is 23.9 Å². The third-order valence-corrected chi connectivity index (χ3v) is 6.29. The number of urea groups is 1.